The van der Waals surface area contributed by atoms with Crippen LogP contribution in [0, 0.1) is 10.5 Å². The van der Waals surface area contributed by atoms with Crippen LogP contribution in [0.2, 0.25) is 0 Å². The van der Waals surface area contributed by atoms with Crippen molar-refractivity contribution >= 4 is 34.7 Å². The fourth-order valence-electron chi connectivity index (χ4n) is 4.85. The molecule has 0 spiro atoms. The molecule has 1 amide bonds. The van der Waals surface area contributed by atoms with E-state index in [9.17, 15) is 4.79 Å². The SMILES string of the molecule is COc1cc(/C=N/NC(=O)c2ccc(-n3c(C)ccc3-c3ccccc3)cc2)cc(I)c1OCc1ccc2c(c1)OCO2. The molecule has 4 aromatic carbocycles. The normalized spacial score (nSPS) is 12.0. The first-order valence-corrected chi connectivity index (χ1v) is 14.6. The molecule has 1 aromatic heterocycles. The van der Waals surface area contributed by atoms with E-state index in [1.165, 1.54) is 0 Å². The maximum absolute atomic E-state index is 12.8. The lowest BCUT2D eigenvalue weighted by Gasteiger charge is -2.14. The minimum Gasteiger partial charge on any atom is -0.493 e. The predicted octanol–water partition coefficient (Wildman–Crippen LogP) is 7.14. The molecular weight excluding hydrogens is 657 g/mol. The number of benzene rings is 4. The van der Waals surface area contributed by atoms with Gasteiger partial charge in [0.05, 0.1) is 22.6 Å². The number of nitrogens with zero attached hydrogens (tertiary/aromatic N) is 2. The molecule has 0 fully saturated rings. The molecule has 6 rings (SSSR count). The van der Waals surface area contributed by atoms with E-state index in [1.807, 2.05) is 60.7 Å². The van der Waals surface area contributed by atoms with Crippen molar-refractivity contribution in [2.75, 3.05) is 13.9 Å². The minimum atomic E-state index is -0.305. The van der Waals surface area contributed by atoms with Gasteiger partial charge in [-0.15, -0.1) is 0 Å². The number of nitrogens with one attached hydrogen (secondary N) is 1. The Bertz CT molecular complexity index is 1800. The van der Waals surface area contributed by atoms with Crippen molar-refractivity contribution in [3.63, 3.8) is 0 Å². The maximum atomic E-state index is 12.8. The Morgan fingerprint density at radius 3 is 2.56 bits per heavy atom. The van der Waals surface area contributed by atoms with Crippen molar-refractivity contribution in [1.29, 1.82) is 0 Å². The quantitative estimate of drug-likeness (QED) is 0.101. The number of aryl methyl sites for hydroxylation is 1. The van der Waals surface area contributed by atoms with Gasteiger partial charge in [0.25, 0.3) is 5.91 Å². The van der Waals surface area contributed by atoms with Crippen molar-refractivity contribution in [3.8, 4) is 39.9 Å². The fourth-order valence-corrected chi connectivity index (χ4v) is 5.63. The average Bonchev–Trinajstić information content (AvgIpc) is 3.67. The van der Waals surface area contributed by atoms with E-state index in [1.54, 1.807) is 25.5 Å². The first-order chi connectivity index (χ1) is 21.0. The second-order valence-corrected chi connectivity index (χ2v) is 11.0. The molecule has 0 radical (unpaired) electrons. The molecule has 8 nitrogen and oxygen atoms in total. The number of hydrazone groups is 1. The monoisotopic (exact) mass is 685 g/mol. The molecular formula is C34H28IN3O5. The molecule has 43 heavy (non-hydrogen) atoms. The zero-order chi connectivity index (χ0) is 29.8. The highest BCUT2D eigenvalue weighted by Crippen LogP contribution is 2.36. The van der Waals surface area contributed by atoms with Gasteiger partial charge in [-0.1, -0.05) is 36.4 Å². The number of fused-ring (bicyclic) bond motifs is 1. The first kappa shape index (κ1) is 28.4. The summed E-state index contributed by atoms with van der Waals surface area (Å²) in [5, 5.41) is 4.18. The van der Waals surface area contributed by atoms with Crippen LogP contribution < -0.4 is 24.4 Å². The van der Waals surface area contributed by atoms with Gasteiger partial charge in [0.2, 0.25) is 6.79 Å². The molecule has 2 heterocycles. The number of hydrogen-bond acceptors (Lipinski definition) is 6. The molecule has 1 aliphatic rings. The van der Waals surface area contributed by atoms with E-state index in [4.69, 9.17) is 18.9 Å². The van der Waals surface area contributed by atoms with Gasteiger partial charge >= 0.3 is 0 Å². The second-order valence-electron chi connectivity index (χ2n) is 9.82. The summed E-state index contributed by atoms with van der Waals surface area (Å²) < 4.78 is 25.5. The molecule has 0 unspecified atom stereocenters. The van der Waals surface area contributed by atoms with Gasteiger partial charge < -0.3 is 23.5 Å². The first-order valence-electron chi connectivity index (χ1n) is 13.6. The summed E-state index contributed by atoms with van der Waals surface area (Å²) in [5.41, 5.74) is 9.12. The van der Waals surface area contributed by atoms with Crippen molar-refractivity contribution in [2.24, 2.45) is 5.10 Å². The Labute approximate surface area is 263 Å². The lowest BCUT2D eigenvalue weighted by molar-refractivity contribution is 0.0955. The van der Waals surface area contributed by atoms with Gasteiger partial charge in [-0.2, -0.15) is 5.10 Å². The Morgan fingerprint density at radius 2 is 1.77 bits per heavy atom. The summed E-state index contributed by atoms with van der Waals surface area (Å²) in [6.45, 7) is 2.63. The third-order valence-electron chi connectivity index (χ3n) is 6.98. The molecule has 216 valence electrons. The molecule has 1 N–H and O–H groups in total. The Hall–Kier alpha value is -4.77. The summed E-state index contributed by atoms with van der Waals surface area (Å²) in [7, 11) is 1.59. The molecule has 1 aliphatic heterocycles. The Kier molecular flexibility index (Phi) is 8.32. The summed E-state index contributed by atoms with van der Waals surface area (Å²) in [5.74, 6) is 2.32. The summed E-state index contributed by atoms with van der Waals surface area (Å²) >= 11 is 2.20. The zero-order valence-corrected chi connectivity index (χ0v) is 25.7. The number of carbonyl (C=O) groups is 1. The van der Waals surface area contributed by atoms with E-state index in [0.29, 0.717) is 29.4 Å². The van der Waals surface area contributed by atoms with Crippen molar-refractivity contribution in [3.05, 3.63) is 123 Å². The third kappa shape index (κ3) is 6.21. The maximum Gasteiger partial charge on any atom is 0.271 e. The van der Waals surface area contributed by atoms with E-state index in [0.717, 1.165) is 43.1 Å². The smallest absolute Gasteiger partial charge is 0.271 e. The molecule has 0 atom stereocenters. The highest BCUT2D eigenvalue weighted by atomic mass is 127. The van der Waals surface area contributed by atoms with Crippen LogP contribution in [0.15, 0.2) is 102 Å². The summed E-state index contributed by atoms with van der Waals surface area (Å²) in [6.07, 6.45) is 1.58. The summed E-state index contributed by atoms with van der Waals surface area (Å²) in [4.78, 5) is 12.8. The second kappa shape index (κ2) is 12.6. The summed E-state index contributed by atoms with van der Waals surface area (Å²) in [6, 6.07) is 31.3. The molecule has 0 aliphatic carbocycles. The van der Waals surface area contributed by atoms with Crippen molar-refractivity contribution < 1.29 is 23.7 Å². The van der Waals surface area contributed by atoms with E-state index < -0.39 is 0 Å². The fraction of sp³-hybridized carbons (Fsp3) is 0.118. The highest BCUT2D eigenvalue weighted by Gasteiger charge is 2.16. The number of amides is 1. The van der Waals surface area contributed by atoms with Crippen LogP contribution in [0.1, 0.15) is 27.2 Å². The number of halogens is 1. The highest BCUT2D eigenvalue weighted by molar-refractivity contribution is 14.1. The van der Waals surface area contributed by atoms with Crippen LogP contribution in [0.4, 0.5) is 0 Å². The lowest BCUT2D eigenvalue weighted by atomic mass is 10.1. The zero-order valence-electron chi connectivity index (χ0n) is 23.5. The van der Waals surface area contributed by atoms with Crippen LogP contribution in [-0.2, 0) is 6.61 Å². The topological polar surface area (TPSA) is 83.3 Å². The van der Waals surface area contributed by atoms with Crippen LogP contribution in [0.25, 0.3) is 16.9 Å². The van der Waals surface area contributed by atoms with E-state index in [-0.39, 0.29) is 12.7 Å². The third-order valence-corrected chi connectivity index (χ3v) is 7.79. The van der Waals surface area contributed by atoms with Gasteiger partial charge in [-0.05, 0) is 107 Å². The van der Waals surface area contributed by atoms with Crippen molar-refractivity contribution in [2.45, 2.75) is 13.5 Å². The molecule has 9 heteroatoms. The number of carbonyl (C=O) groups excluding carboxylic acids is 1. The Balaban J connectivity index is 1.11. The van der Waals surface area contributed by atoms with E-state index >= 15 is 0 Å². The van der Waals surface area contributed by atoms with Crippen LogP contribution in [-0.4, -0.2) is 30.6 Å². The van der Waals surface area contributed by atoms with Crippen LogP contribution >= 0.6 is 22.6 Å². The largest absolute Gasteiger partial charge is 0.493 e. The molecule has 0 saturated heterocycles. The lowest BCUT2D eigenvalue weighted by Crippen LogP contribution is -2.17. The molecule has 0 saturated carbocycles. The van der Waals surface area contributed by atoms with Crippen LogP contribution in [0.3, 0.4) is 0 Å². The van der Waals surface area contributed by atoms with Gasteiger partial charge in [0, 0.05) is 16.9 Å². The number of aromatic nitrogens is 1. The number of hydrogen-bond donors (Lipinski definition) is 1. The number of methoxy groups -OCH3 is 1. The van der Waals surface area contributed by atoms with Gasteiger partial charge in [-0.25, -0.2) is 5.43 Å². The molecule has 0 bridgehead atoms. The molecule has 5 aromatic rings. The van der Waals surface area contributed by atoms with Gasteiger partial charge in [-0.3, -0.25) is 4.79 Å². The number of rotatable bonds is 9. The number of ether oxygens (including phenoxy) is 4. The van der Waals surface area contributed by atoms with E-state index in [2.05, 4.69) is 68.9 Å². The van der Waals surface area contributed by atoms with Gasteiger partial charge in [0.15, 0.2) is 23.0 Å². The van der Waals surface area contributed by atoms with Crippen molar-refractivity contribution in [1.82, 2.24) is 9.99 Å². The predicted molar refractivity (Wildman–Crippen MR) is 174 cm³/mol. The Morgan fingerprint density at radius 1 is 0.977 bits per heavy atom. The average molecular weight is 686 g/mol. The van der Waals surface area contributed by atoms with Gasteiger partial charge in [0.1, 0.15) is 6.61 Å². The van der Waals surface area contributed by atoms with Crippen LogP contribution in [0.5, 0.6) is 23.0 Å². The minimum absolute atomic E-state index is 0.227. The standard InChI is InChI=1S/C34H28IN3O5/c1-22-8-14-29(25-6-4-3-5-7-25)38(22)27-12-10-26(11-13-27)34(39)37-36-19-24-16-28(35)33(32(18-24)40-2)41-20-23-9-15-30-31(17-23)43-21-42-30/h3-19H,20-21H2,1-2H3,(H,37,39)/b36-19+.